The van der Waals surface area contributed by atoms with Gasteiger partial charge in [0, 0.05) is 25.0 Å². The quantitative estimate of drug-likeness (QED) is 0.758. The number of anilines is 2. The second-order valence-electron chi connectivity index (χ2n) is 6.70. The minimum Gasteiger partial charge on any atom is -0.328 e. The van der Waals surface area contributed by atoms with Crippen LogP contribution in [0.25, 0.3) is 5.52 Å². The summed E-state index contributed by atoms with van der Waals surface area (Å²) in [5.41, 5.74) is 9.36. The van der Waals surface area contributed by atoms with Gasteiger partial charge in [-0.25, -0.2) is 14.5 Å². The molecule has 3 N–H and O–H groups in total. The van der Waals surface area contributed by atoms with Crippen LogP contribution in [0.4, 0.5) is 11.6 Å². The Morgan fingerprint density at radius 2 is 2.04 bits per heavy atom. The Balaban J connectivity index is 1.61. The normalized spacial score (nSPS) is 16.4. The van der Waals surface area contributed by atoms with Crippen molar-refractivity contribution in [3.63, 3.8) is 0 Å². The van der Waals surface area contributed by atoms with Gasteiger partial charge < -0.3 is 11.1 Å². The van der Waals surface area contributed by atoms with Crippen LogP contribution in [0, 0.1) is 6.92 Å². The molecule has 0 amide bonds. The van der Waals surface area contributed by atoms with Crippen LogP contribution in [0.1, 0.15) is 24.0 Å². The van der Waals surface area contributed by atoms with E-state index < -0.39 is 0 Å². The molecule has 130 valence electrons. The number of fused-ring (bicyclic) bond motifs is 1. The predicted octanol–water partition coefficient (Wildman–Crippen LogP) is 2.10. The van der Waals surface area contributed by atoms with E-state index in [2.05, 4.69) is 31.3 Å². The highest BCUT2D eigenvalue weighted by Gasteiger charge is 2.18. The molecule has 0 radical (unpaired) electrons. The Hall–Kier alpha value is -2.51. The van der Waals surface area contributed by atoms with Crippen LogP contribution in [-0.2, 0) is 6.54 Å². The Morgan fingerprint density at radius 1 is 1.20 bits per heavy atom. The van der Waals surface area contributed by atoms with E-state index in [0.717, 1.165) is 55.2 Å². The smallest absolute Gasteiger partial charge is 0.159 e. The van der Waals surface area contributed by atoms with Gasteiger partial charge in [0.15, 0.2) is 5.82 Å². The first-order valence-corrected chi connectivity index (χ1v) is 8.68. The van der Waals surface area contributed by atoms with Gasteiger partial charge in [-0.2, -0.15) is 5.10 Å². The molecule has 0 aromatic carbocycles. The van der Waals surface area contributed by atoms with Crippen LogP contribution in [0.15, 0.2) is 36.9 Å². The van der Waals surface area contributed by atoms with Gasteiger partial charge in [0.1, 0.15) is 17.7 Å². The molecule has 1 fully saturated rings. The summed E-state index contributed by atoms with van der Waals surface area (Å²) in [5.74, 6) is 1.56. The van der Waals surface area contributed by atoms with Gasteiger partial charge in [-0.15, -0.1) is 0 Å². The van der Waals surface area contributed by atoms with Crippen LogP contribution in [-0.4, -0.2) is 43.6 Å². The van der Waals surface area contributed by atoms with Crippen molar-refractivity contribution in [2.75, 3.05) is 18.4 Å². The molecule has 0 spiro atoms. The Labute approximate surface area is 146 Å². The number of aryl methyl sites for hydroxylation is 1. The lowest BCUT2D eigenvalue weighted by Crippen LogP contribution is -2.39. The largest absolute Gasteiger partial charge is 0.328 e. The van der Waals surface area contributed by atoms with Gasteiger partial charge in [0.2, 0.25) is 0 Å². The van der Waals surface area contributed by atoms with E-state index in [1.165, 1.54) is 5.56 Å². The molecule has 1 aliphatic rings. The molecule has 0 saturated carbocycles. The molecule has 25 heavy (non-hydrogen) atoms. The van der Waals surface area contributed by atoms with Crippen molar-refractivity contribution in [1.82, 2.24) is 24.5 Å². The minimum atomic E-state index is 0.343. The summed E-state index contributed by atoms with van der Waals surface area (Å²) in [4.78, 5) is 11.3. The number of piperidine rings is 1. The van der Waals surface area contributed by atoms with Crippen LogP contribution in [0.5, 0.6) is 0 Å². The molecular formula is C18H23N7. The summed E-state index contributed by atoms with van der Waals surface area (Å²) in [5, 5.41) is 7.65. The molecular weight excluding hydrogens is 314 g/mol. The van der Waals surface area contributed by atoms with E-state index in [1.807, 2.05) is 36.0 Å². The van der Waals surface area contributed by atoms with Crippen molar-refractivity contribution in [2.24, 2.45) is 5.73 Å². The fourth-order valence-electron chi connectivity index (χ4n) is 3.25. The number of hydrogen-bond donors (Lipinski definition) is 2. The molecule has 0 bridgehead atoms. The average molecular weight is 337 g/mol. The van der Waals surface area contributed by atoms with Gasteiger partial charge in [0.25, 0.3) is 0 Å². The number of hydrogen-bond acceptors (Lipinski definition) is 6. The number of rotatable bonds is 4. The summed E-state index contributed by atoms with van der Waals surface area (Å²) in [6, 6.07) is 6.45. The lowest BCUT2D eigenvalue weighted by atomic mass is 10.1. The van der Waals surface area contributed by atoms with E-state index in [4.69, 9.17) is 5.73 Å². The first-order chi connectivity index (χ1) is 12.2. The van der Waals surface area contributed by atoms with E-state index in [1.54, 1.807) is 6.33 Å². The zero-order chi connectivity index (χ0) is 17.2. The van der Waals surface area contributed by atoms with E-state index in [0.29, 0.717) is 6.04 Å². The first-order valence-electron chi connectivity index (χ1n) is 8.68. The number of aromatic nitrogens is 4. The number of likely N-dealkylation sites (tertiary alicyclic amines) is 1. The van der Waals surface area contributed by atoms with Crippen molar-refractivity contribution in [1.29, 1.82) is 0 Å². The van der Waals surface area contributed by atoms with Gasteiger partial charge in [-0.3, -0.25) is 4.90 Å². The fourth-order valence-corrected chi connectivity index (χ4v) is 3.25. The molecule has 4 heterocycles. The number of nitrogens with two attached hydrogens (primary N) is 1. The van der Waals surface area contributed by atoms with Gasteiger partial charge in [-0.05, 0) is 56.1 Å². The maximum atomic E-state index is 6.01. The third-order valence-corrected chi connectivity index (χ3v) is 4.72. The number of nitrogens with zero attached hydrogens (tertiary/aromatic N) is 5. The third-order valence-electron chi connectivity index (χ3n) is 4.72. The van der Waals surface area contributed by atoms with Crippen molar-refractivity contribution in [3.8, 4) is 0 Å². The van der Waals surface area contributed by atoms with Crippen LogP contribution >= 0.6 is 0 Å². The van der Waals surface area contributed by atoms with Gasteiger partial charge >= 0.3 is 0 Å². The average Bonchev–Trinajstić information content (AvgIpc) is 3.03. The second kappa shape index (κ2) is 6.78. The lowest BCUT2D eigenvalue weighted by molar-refractivity contribution is 0.206. The maximum Gasteiger partial charge on any atom is 0.159 e. The van der Waals surface area contributed by atoms with Crippen molar-refractivity contribution in [3.05, 3.63) is 48.0 Å². The van der Waals surface area contributed by atoms with Gasteiger partial charge in [-0.1, -0.05) is 6.07 Å². The molecule has 1 aliphatic heterocycles. The third kappa shape index (κ3) is 3.47. The highest BCUT2D eigenvalue weighted by Crippen LogP contribution is 2.24. The van der Waals surface area contributed by atoms with Crippen LogP contribution in [0.2, 0.25) is 0 Å². The first kappa shape index (κ1) is 16.0. The lowest BCUT2D eigenvalue weighted by Gasteiger charge is -2.29. The fraction of sp³-hybridized carbons (Fsp3) is 0.389. The Kier molecular flexibility index (Phi) is 4.33. The zero-order valence-electron chi connectivity index (χ0n) is 14.4. The summed E-state index contributed by atoms with van der Waals surface area (Å²) in [6.07, 6.45) is 7.50. The molecule has 1 saturated heterocycles. The molecule has 7 heteroatoms. The number of pyridine rings is 1. The van der Waals surface area contributed by atoms with Crippen molar-refractivity contribution < 1.29 is 0 Å². The predicted molar refractivity (Wildman–Crippen MR) is 97.7 cm³/mol. The molecule has 0 atom stereocenters. The molecule has 7 nitrogen and oxygen atoms in total. The summed E-state index contributed by atoms with van der Waals surface area (Å²) < 4.78 is 1.87. The standard InChI is InChI=1S/C18H23N7/c1-13-2-3-16(20-10-13)23-18-17-14(4-9-25(17)22-12-21-18)11-24-7-5-15(19)6-8-24/h2-4,9-10,12,15H,5-8,11,19H2,1H3,(H,20,21,22,23). The van der Waals surface area contributed by atoms with E-state index in [9.17, 15) is 0 Å². The van der Waals surface area contributed by atoms with Crippen molar-refractivity contribution >= 4 is 17.2 Å². The van der Waals surface area contributed by atoms with Crippen LogP contribution in [0.3, 0.4) is 0 Å². The van der Waals surface area contributed by atoms with Gasteiger partial charge in [0.05, 0.1) is 0 Å². The monoisotopic (exact) mass is 337 g/mol. The van der Waals surface area contributed by atoms with Crippen LogP contribution < -0.4 is 11.1 Å². The topological polar surface area (TPSA) is 84.4 Å². The molecule has 4 rings (SSSR count). The highest BCUT2D eigenvalue weighted by molar-refractivity contribution is 5.75. The SMILES string of the molecule is Cc1ccc(Nc2ncnn3ccc(CN4CCC(N)CC4)c23)nc1. The maximum absolute atomic E-state index is 6.01. The minimum absolute atomic E-state index is 0.343. The summed E-state index contributed by atoms with van der Waals surface area (Å²) in [7, 11) is 0. The van der Waals surface area contributed by atoms with E-state index >= 15 is 0 Å². The summed E-state index contributed by atoms with van der Waals surface area (Å²) >= 11 is 0. The Morgan fingerprint density at radius 3 is 2.80 bits per heavy atom. The zero-order valence-corrected chi connectivity index (χ0v) is 14.4. The molecule has 3 aromatic heterocycles. The summed E-state index contributed by atoms with van der Waals surface area (Å²) in [6.45, 7) is 4.98. The van der Waals surface area contributed by atoms with Crippen molar-refractivity contribution in [2.45, 2.75) is 32.4 Å². The molecule has 0 unspecified atom stereocenters. The second-order valence-corrected chi connectivity index (χ2v) is 6.70. The number of nitrogens with one attached hydrogen (secondary N) is 1. The van der Waals surface area contributed by atoms with E-state index in [-0.39, 0.29) is 0 Å². The molecule has 0 aliphatic carbocycles. The Bertz CT molecular complexity index is 847. The molecule has 3 aromatic rings. The highest BCUT2D eigenvalue weighted by atomic mass is 15.3.